The number of nitrogens with zero attached hydrogens (tertiary/aromatic N) is 2. The highest BCUT2D eigenvalue weighted by Gasteiger charge is 2.13. The van der Waals surface area contributed by atoms with Gasteiger partial charge in [0.25, 0.3) is 0 Å². The number of primary amides is 1. The standard InChI is InChI=1S/C12H12ClFIN3O2/c13-2-1-11-17-9-6-8(15)7(14)5-10(9)18(11)3-4-20-12(16)19/h5-6H,1-4H2,(H2,16,19). The van der Waals surface area contributed by atoms with Crippen molar-refractivity contribution in [1.82, 2.24) is 9.55 Å². The Bertz CT molecular complexity index is 647. The Labute approximate surface area is 133 Å². The zero-order valence-corrected chi connectivity index (χ0v) is 13.3. The van der Waals surface area contributed by atoms with Crippen molar-refractivity contribution in [2.45, 2.75) is 13.0 Å². The molecule has 0 radical (unpaired) electrons. The monoisotopic (exact) mass is 411 g/mol. The van der Waals surface area contributed by atoms with E-state index in [4.69, 9.17) is 22.1 Å². The molecule has 0 saturated heterocycles. The van der Waals surface area contributed by atoms with Crippen LogP contribution in [0.1, 0.15) is 5.82 Å². The molecule has 1 aromatic heterocycles. The van der Waals surface area contributed by atoms with Gasteiger partial charge in [-0.05, 0) is 28.7 Å². The molecule has 20 heavy (non-hydrogen) atoms. The molecule has 0 bridgehead atoms. The van der Waals surface area contributed by atoms with E-state index in [0.717, 1.165) is 5.82 Å². The van der Waals surface area contributed by atoms with E-state index in [-0.39, 0.29) is 12.4 Å². The third-order valence-corrected chi connectivity index (χ3v) is 3.76. The van der Waals surface area contributed by atoms with E-state index in [9.17, 15) is 9.18 Å². The number of ether oxygens (including phenoxy) is 1. The molecule has 1 aromatic carbocycles. The van der Waals surface area contributed by atoms with Crippen molar-refractivity contribution in [3.63, 3.8) is 0 Å². The van der Waals surface area contributed by atoms with E-state index in [1.54, 1.807) is 10.6 Å². The van der Waals surface area contributed by atoms with Crippen molar-refractivity contribution < 1.29 is 13.9 Å². The van der Waals surface area contributed by atoms with Crippen LogP contribution >= 0.6 is 34.2 Å². The summed E-state index contributed by atoms with van der Waals surface area (Å²) in [5.74, 6) is 0.816. The van der Waals surface area contributed by atoms with Crippen molar-refractivity contribution in [3.05, 3.63) is 27.3 Å². The summed E-state index contributed by atoms with van der Waals surface area (Å²) in [5, 5.41) is 0. The lowest BCUT2D eigenvalue weighted by molar-refractivity contribution is 0.152. The van der Waals surface area contributed by atoms with Crippen LogP contribution < -0.4 is 5.73 Å². The quantitative estimate of drug-likeness (QED) is 0.607. The van der Waals surface area contributed by atoms with E-state index >= 15 is 0 Å². The zero-order chi connectivity index (χ0) is 14.7. The van der Waals surface area contributed by atoms with Gasteiger partial charge in [-0.3, -0.25) is 0 Å². The zero-order valence-electron chi connectivity index (χ0n) is 10.4. The first-order valence-corrected chi connectivity index (χ1v) is 7.46. The van der Waals surface area contributed by atoms with Crippen LogP contribution in [-0.2, 0) is 17.7 Å². The first kappa shape index (κ1) is 15.3. The van der Waals surface area contributed by atoms with Gasteiger partial charge in [0.05, 0.1) is 21.1 Å². The van der Waals surface area contributed by atoms with Crippen molar-refractivity contribution in [1.29, 1.82) is 0 Å². The van der Waals surface area contributed by atoms with Crippen LogP contribution in [0.25, 0.3) is 11.0 Å². The predicted octanol–water partition coefficient (Wildman–Crippen LogP) is 2.66. The predicted molar refractivity (Wildman–Crippen MR) is 82.4 cm³/mol. The maximum atomic E-state index is 13.7. The molecule has 0 aliphatic heterocycles. The third-order valence-electron chi connectivity index (χ3n) is 2.75. The van der Waals surface area contributed by atoms with Gasteiger partial charge < -0.3 is 15.0 Å². The lowest BCUT2D eigenvalue weighted by Gasteiger charge is -2.08. The summed E-state index contributed by atoms with van der Waals surface area (Å²) in [5.41, 5.74) is 6.26. The van der Waals surface area contributed by atoms with E-state index in [2.05, 4.69) is 4.98 Å². The van der Waals surface area contributed by atoms with Gasteiger partial charge in [-0.15, -0.1) is 11.6 Å². The largest absolute Gasteiger partial charge is 0.448 e. The van der Waals surface area contributed by atoms with Crippen molar-refractivity contribution in [3.8, 4) is 0 Å². The number of carbonyl (C=O) groups excluding carboxylic acids is 1. The second-order valence-electron chi connectivity index (χ2n) is 4.04. The van der Waals surface area contributed by atoms with Gasteiger partial charge in [-0.25, -0.2) is 14.2 Å². The number of fused-ring (bicyclic) bond motifs is 1. The number of nitrogens with two attached hydrogens (primary N) is 1. The summed E-state index contributed by atoms with van der Waals surface area (Å²) < 4.78 is 20.7. The molecule has 0 aliphatic carbocycles. The van der Waals surface area contributed by atoms with E-state index < -0.39 is 6.09 Å². The number of hydrogen-bond donors (Lipinski definition) is 1. The van der Waals surface area contributed by atoms with Crippen molar-refractivity contribution in [2.75, 3.05) is 12.5 Å². The summed E-state index contributed by atoms with van der Waals surface area (Å²) >= 11 is 7.66. The Balaban J connectivity index is 2.39. The molecule has 0 unspecified atom stereocenters. The third kappa shape index (κ3) is 3.32. The first-order valence-electron chi connectivity index (χ1n) is 5.85. The number of halogens is 3. The average Bonchev–Trinajstić information content (AvgIpc) is 2.68. The van der Waals surface area contributed by atoms with Crippen LogP contribution in [0.15, 0.2) is 12.1 Å². The molecule has 0 fully saturated rings. The summed E-state index contributed by atoms with van der Waals surface area (Å²) in [6, 6.07) is 3.10. The Morgan fingerprint density at radius 1 is 1.55 bits per heavy atom. The fourth-order valence-electron chi connectivity index (χ4n) is 1.93. The second kappa shape index (κ2) is 6.57. The molecule has 108 valence electrons. The van der Waals surface area contributed by atoms with Crippen LogP contribution in [0.5, 0.6) is 0 Å². The lowest BCUT2D eigenvalue weighted by atomic mass is 10.3. The summed E-state index contributed by atoms with van der Waals surface area (Å²) in [6.45, 7) is 0.454. The summed E-state index contributed by atoms with van der Waals surface area (Å²) in [7, 11) is 0. The molecule has 2 aromatic rings. The fourth-order valence-corrected chi connectivity index (χ4v) is 2.55. The second-order valence-corrected chi connectivity index (χ2v) is 5.58. The Morgan fingerprint density at radius 2 is 2.30 bits per heavy atom. The number of aryl methyl sites for hydroxylation is 1. The van der Waals surface area contributed by atoms with Gasteiger partial charge in [0, 0.05) is 18.4 Å². The lowest BCUT2D eigenvalue weighted by Crippen LogP contribution is -2.17. The van der Waals surface area contributed by atoms with Crippen LogP contribution in [0.2, 0.25) is 0 Å². The van der Waals surface area contributed by atoms with Gasteiger partial charge >= 0.3 is 6.09 Å². The number of rotatable bonds is 5. The average molecular weight is 412 g/mol. The molecule has 0 spiro atoms. The highest BCUT2D eigenvalue weighted by Crippen LogP contribution is 2.22. The van der Waals surface area contributed by atoms with Crippen molar-refractivity contribution in [2.24, 2.45) is 5.73 Å². The number of amides is 1. The van der Waals surface area contributed by atoms with Crippen LogP contribution in [0.4, 0.5) is 9.18 Å². The number of carbonyl (C=O) groups is 1. The number of hydrogen-bond acceptors (Lipinski definition) is 3. The maximum Gasteiger partial charge on any atom is 0.404 e. The molecule has 2 rings (SSSR count). The molecule has 1 heterocycles. The number of imidazole rings is 1. The van der Waals surface area contributed by atoms with Crippen LogP contribution in [0.3, 0.4) is 0 Å². The molecule has 2 N–H and O–H groups in total. The molecule has 8 heteroatoms. The summed E-state index contributed by atoms with van der Waals surface area (Å²) in [6.07, 6.45) is -0.292. The van der Waals surface area contributed by atoms with Crippen LogP contribution in [0, 0.1) is 9.39 Å². The first-order chi connectivity index (χ1) is 9.52. The fraction of sp³-hybridized carbons (Fsp3) is 0.333. The highest BCUT2D eigenvalue weighted by atomic mass is 127. The highest BCUT2D eigenvalue weighted by molar-refractivity contribution is 14.1. The van der Waals surface area contributed by atoms with Gasteiger partial charge in [-0.2, -0.15) is 0 Å². The van der Waals surface area contributed by atoms with E-state index in [0.29, 0.717) is 33.4 Å². The molecule has 0 saturated carbocycles. The number of alkyl halides is 1. The summed E-state index contributed by atoms with van der Waals surface area (Å²) in [4.78, 5) is 15.0. The Hall–Kier alpha value is -1.09. The number of benzene rings is 1. The van der Waals surface area contributed by atoms with E-state index in [1.165, 1.54) is 6.07 Å². The van der Waals surface area contributed by atoms with Crippen molar-refractivity contribution >= 4 is 51.3 Å². The van der Waals surface area contributed by atoms with Crippen LogP contribution in [-0.4, -0.2) is 28.1 Å². The molecule has 0 aliphatic rings. The Morgan fingerprint density at radius 3 is 2.95 bits per heavy atom. The van der Waals surface area contributed by atoms with Gasteiger partial charge in [0.1, 0.15) is 18.2 Å². The van der Waals surface area contributed by atoms with Gasteiger partial charge in [0.2, 0.25) is 0 Å². The molecule has 0 atom stereocenters. The normalized spacial score (nSPS) is 10.9. The molecule has 5 nitrogen and oxygen atoms in total. The van der Waals surface area contributed by atoms with E-state index in [1.807, 2.05) is 22.6 Å². The van der Waals surface area contributed by atoms with Gasteiger partial charge in [0.15, 0.2) is 0 Å². The maximum absolute atomic E-state index is 13.7. The topological polar surface area (TPSA) is 70.1 Å². The minimum Gasteiger partial charge on any atom is -0.448 e. The SMILES string of the molecule is NC(=O)OCCn1c(CCCl)nc2cc(I)c(F)cc21. The molecular weight excluding hydrogens is 400 g/mol. The molecule has 1 amide bonds. The molecular formula is C12H12ClFIN3O2. The minimum atomic E-state index is -0.839. The number of aromatic nitrogens is 2. The Kier molecular flexibility index (Phi) is 5.03. The minimum absolute atomic E-state index is 0.101. The van der Waals surface area contributed by atoms with Gasteiger partial charge in [-0.1, -0.05) is 0 Å². The smallest absolute Gasteiger partial charge is 0.404 e.